The summed E-state index contributed by atoms with van der Waals surface area (Å²) in [4.78, 5) is 12.7. The fourth-order valence-electron chi connectivity index (χ4n) is 2.73. The normalized spacial score (nSPS) is 17.6. The van der Waals surface area contributed by atoms with Gasteiger partial charge < -0.3 is 14.4 Å². The smallest absolute Gasteiger partial charge is 0.165 e. The molecule has 0 spiro atoms. The molecule has 0 unspecified atom stereocenters. The fourth-order valence-corrected chi connectivity index (χ4v) is 4.77. The van der Waals surface area contributed by atoms with Crippen LogP contribution in [0, 0.1) is 0 Å². The van der Waals surface area contributed by atoms with Gasteiger partial charge in [0.05, 0.1) is 24.0 Å². The fraction of sp³-hybridized carbons (Fsp3) is 0.765. The third-order valence-electron chi connectivity index (χ3n) is 4.95. The molecule has 8 heteroatoms. The van der Waals surface area contributed by atoms with E-state index in [0.717, 1.165) is 0 Å². The van der Waals surface area contributed by atoms with E-state index in [-0.39, 0.29) is 13.0 Å². The van der Waals surface area contributed by atoms with E-state index < -0.39 is 31.0 Å². The maximum Gasteiger partial charge on any atom is 0.165 e. The van der Waals surface area contributed by atoms with Crippen molar-refractivity contribution in [3.8, 4) is 0 Å². The first-order chi connectivity index (χ1) is 11.5. The lowest BCUT2D eigenvalue weighted by Gasteiger charge is -2.31. The molecule has 2 rings (SSSR count). The van der Waals surface area contributed by atoms with Crippen LogP contribution in [0.5, 0.6) is 0 Å². The zero-order valence-electron chi connectivity index (χ0n) is 15.2. The van der Waals surface area contributed by atoms with Crippen molar-refractivity contribution in [1.82, 2.24) is 5.16 Å². The van der Waals surface area contributed by atoms with Gasteiger partial charge in [-0.15, -0.1) is 0 Å². The van der Waals surface area contributed by atoms with Crippen LogP contribution in [0.15, 0.2) is 10.6 Å². The Balaban J connectivity index is 2.16. The number of aliphatic hydroxyl groups excluding tert-OH is 1. The molecule has 1 saturated heterocycles. The van der Waals surface area contributed by atoms with Gasteiger partial charge in [0.2, 0.25) is 0 Å². The average molecular weight is 373 g/mol. The number of sulfone groups is 1. The summed E-state index contributed by atoms with van der Waals surface area (Å²) in [6.45, 7) is 7.17. The molecule has 1 aliphatic rings. The highest BCUT2D eigenvalue weighted by molar-refractivity contribution is 7.94. The van der Waals surface area contributed by atoms with Gasteiger partial charge in [0.15, 0.2) is 15.6 Å². The van der Waals surface area contributed by atoms with Gasteiger partial charge in [0, 0.05) is 24.7 Å². The monoisotopic (exact) mass is 373 g/mol. The lowest BCUT2D eigenvalue weighted by Crippen LogP contribution is -2.48. The minimum atomic E-state index is -3.64. The van der Waals surface area contributed by atoms with Gasteiger partial charge in [-0.1, -0.05) is 19.0 Å². The van der Waals surface area contributed by atoms with Gasteiger partial charge in [0.25, 0.3) is 0 Å². The van der Waals surface area contributed by atoms with Crippen molar-refractivity contribution in [1.29, 1.82) is 0 Å². The van der Waals surface area contributed by atoms with Crippen LogP contribution in [-0.4, -0.2) is 54.3 Å². The second-order valence-electron chi connectivity index (χ2n) is 7.69. The summed E-state index contributed by atoms with van der Waals surface area (Å²) >= 11 is 0. The van der Waals surface area contributed by atoms with Crippen molar-refractivity contribution in [2.24, 2.45) is 0 Å². The molecule has 1 N–H and O–H groups in total. The molecule has 7 nitrogen and oxygen atoms in total. The molecule has 1 aromatic heterocycles. The zero-order chi connectivity index (χ0) is 18.9. The summed E-state index contributed by atoms with van der Waals surface area (Å²) in [6.07, 6.45) is 0.705. The molecule has 0 aliphatic carbocycles. The molecule has 0 saturated carbocycles. The minimum absolute atomic E-state index is 0.125. The molecular formula is C17H27NO6S. The van der Waals surface area contributed by atoms with E-state index >= 15 is 0 Å². The summed E-state index contributed by atoms with van der Waals surface area (Å²) in [5.41, 5.74) is -0.241. The summed E-state index contributed by atoms with van der Waals surface area (Å²) in [5, 5.41) is 12.7. The highest BCUT2D eigenvalue weighted by Gasteiger charge is 2.46. The number of aromatic nitrogens is 1. The van der Waals surface area contributed by atoms with Gasteiger partial charge in [-0.2, -0.15) is 0 Å². The molecule has 0 radical (unpaired) electrons. The first-order valence-electron chi connectivity index (χ1n) is 8.44. The highest BCUT2D eigenvalue weighted by Crippen LogP contribution is 2.30. The van der Waals surface area contributed by atoms with Crippen LogP contribution in [0.3, 0.4) is 0 Å². The van der Waals surface area contributed by atoms with Gasteiger partial charge in [-0.25, -0.2) is 8.42 Å². The average Bonchev–Trinajstić information content (AvgIpc) is 3.04. The van der Waals surface area contributed by atoms with Crippen molar-refractivity contribution in [3.63, 3.8) is 0 Å². The van der Waals surface area contributed by atoms with Crippen LogP contribution in [0.25, 0.3) is 0 Å². The van der Waals surface area contributed by atoms with Crippen LogP contribution in [0.2, 0.25) is 0 Å². The van der Waals surface area contributed by atoms with Crippen LogP contribution >= 0.6 is 0 Å². The van der Waals surface area contributed by atoms with Crippen molar-refractivity contribution in [2.45, 2.75) is 62.4 Å². The molecule has 2 heterocycles. The van der Waals surface area contributed by atoms with E-state index in [2.05, 4.69) is 5.16 Å². The van der Waals surface area contributed by atoms with Gasteiger partial charge >= 0.3 is 0 Å². The molecule has 25 heavy (non-hydrogen) atoms. The number of hydrogen-bond acceptors (Lipinski definition) is 7. The molecule has 1 aromatic rings. The Kier molecular flexibility index (Phi) is 5.75. The second-order valence-corrected chi connectivity index (χ2v) is 10.5. The second kappa shape index (κ2) is 7.17. The SMILES string of the molecule is CC(C)(CO)c1cc(CC(=O)C(C)(C)S(=O)(=O)C2CCOCC2)no1. The van der Waals surface area contributed by atoms with Crippen LogP contribution in [0.1, 0.15) is 52.0 Å². The van der Waals surface area contributed by atoms with Crippen LogP contribution in [0.4, 0.5) is 0 Å². The Morgan fingerprint density at radius 2 is 1.88 bits per heavy atom. The predicted octanol–water partition coefficient (Wildman–Crippen LogP) is 1.43. The summed E-state index contributed by atoms with van der Waals surface area (Å²) < 4.78 is 34.7. The quantitative estimate of drug-likeness (QED) is 0.770. The molecule has 142 valence electrons. The lowest BCUT2D eigenvalue weighted by atomic mass is 9.91. The zero-order valence-corrected chi connectivity index (χ0v) is 16.1. The largest absolute Gasteiger partial charge is 0.395 e. The molecule has 0 bridgehead atoms. The van der Waals surface area contributed by atoms with Crippen molar-refractivity contribution in [2.75, 3.05) is 19.8 Å². The Labute approximate surface area is 148 Å². The molecule has 1 fully saturated rings. The molecule has 1 aliphatic heterocycles. The molecule has 0 atom stereocenters. The van der Waals surface area contributed by atoms with Crippen LogP contribution < -0.4 is 0 Å². The van der Waals surface area contributed by atoms with Crippen LogP contribution in [-0.2, 0) is 31.2 Å². The van der Waals surface area contributed by atoms with E-state index in [0.29, 0.717) is 37.5 Å². The summed E-state index contributed by atoms with van der Waals surface area (Å²) in [7, 11) is -3.64. The Bertz CT molecular complexity index is 713. The summed E-state index contributed by atoms with van der Waals surface area (Å²) in [5.74, 6) is 0.0449. The van der Waals surface area contributed by atoms with Crippen molar-refractivity contribution < 1.29 is 27.6 Å². The van der Waals surface area contributed by atoms with E-state index in [1.807, 2.05) is 0 Å². The number of aliphatic hydroxyl groups is 1. The first kappa shape index (κ1) is 20.1. The highest BCUT2D eigenvalue weighted by atomic mass is 32.2. The number of ether oxygens (including phenoxy) is 1. The van der Waals surface area contributed by atoms with Crippen molar-refractivity contribution >= 4 is 15.6 Å². The Hall–Kier alpha value is -1.25. The predicted molar refractivity (Wildman–Crippen MR) is 92.2 cm³/mol. The maximum absolute atomic E-state index is 12.9. The van der Waals surface area contributed by atoms with E-state index in [4.69, 9.17) is 9.26 Å². The standard InChI is InChI=1S/C17H27NO6S/c1-16(2,11-19)15-10-12(18-24-15)9-14(20)17(3,4)25(21,22)13-5-7-23-8-6-13/h10,13,19H,5-9,11H2,1-4H3. The van der Waals surface area contributed by atoms with E-state index in [9.17, 15) is 18.3 Å². The number of ketones is 1. The number of hydrogen-bond donors (Lipinski definition) is 1. The number of nitrogens with zero attached hydrogens (tertiary/aromatic N) is 1. The van der Waals surface area contributed by atoms with Crippen molar-refractivity contribution in [3.05, 3.63) is 17.5 Å². The van der Waals surface area contributed by atoms with Gasteiger partial charge in [-0.3, -0.25) is 4.79 Å². The minimum Gasteiger partial charge on any atom is -0.395 e. The molecular weight excluding hydrogens is 346 g/mol. The van der Waals surface area contributed by atoms with E-state index in [1.165, 1.54) is 13.8 Å². The number of carbonyl (C=O) groups excluding carboxylic acids is 1. The Morgan fingerprint density at radius 1 is 1.28 bits per heavy atom. The van der Waals surface area contributed by atoms with E-state index in [1.54, 1.807) is 19.9 Å². The first-order valence-corrected chi connectivity index (χ1v) is 9.98. The Morgan fingerprint density at radius 3 is 2.44 bits per heavy atom. The van der Waals surface area contributed by atoms with Gasteiger partial charge in [0.1, 0.15) is 10.5 Å². The lowest BCUT2D eigenvalue weighted by molar-refractivity contribution is -0.120. The number of rotatable bonds is 7. The topological polar surface area (TPSA) is 107 Å². The molecule has 0 amide bonds. The molecule has 0 aromatic carbocycles. The number of Topliss-reactive ketones (excluding diaryl/α,β-unsaturated/α-hetero) is 1. The third-order valence-corrected chi connectivity index (χ3v) is 7.95. The number of carbonyl (C=O) groups is 1. The maximum atomic E-state index is 12.9. The third kappa shape index (κ3) is 3.96. The van der Waals surface area contributed by atoms with Gasteiger partial charge in [-0.05, 0) is 26.7 Å². The summed E-state index contributed by atoms with van der Waals surface area (Å²) in [6, 6.07) is 1.60.